The first kappa shape index (κ1) is 24.6. The fourth-order valence-corrected chi connectivity index (χ4v) is 3.87. The van der Waals surface area contributed by atoms with E-state index in [1.165, 1.54) is 7.11 Å². The maximum atomic E-state index is 12.5. The van der Waals surface area contributed by atoms with E-state index < -0.39 is 5.91 Å². The predicted octanol–water partition coefficient (Wildman–Crippen LogP) is 3.14. The highest BCUT2D eigenvalue weighted by atomic mass is 16.5. The average Bonchev–Trinajstić information content (AvgIpc) is 2.93. The Morgan fingerprint density at radius 1 is 0.944 bits per heavy atom. The zero-order valence-corrected chi connectivity index (χ0v) is 19.8. The largest absolute Gasteiger partial charge is 0.495 e. The van der Waals surface area contributed by atoms with Crippen LogP contribution in [-0.2, 0) is 14.3 Å². The number of carbonyl (C=O) groups is 3. The molecule has 2 N–H and O–H groups in total. The van der Waals surface area contributed by atoms with Gasteiger partial charge >= 0.3 is 5.97 Å². The number of carbonyl (C=O) groups excluding carboxylic acids is 3. The van der Waals surface area contributed by atoms with Crippen molar-refractivity contribution in [1.29, 1.82) is 0 Å². The van der Waals surface area contributed by atoms with Gasteiger partial charge in [0.1, 0.15) is 5.75 Å². The van der Waals surface area contributed by atoms with Crippen LogP contribution in [0.15, 0.2) is 67.0 Å². The van der Waals surface area contributed by atoms with Crippen LogP contribution in [0.4, 0.5) is 17.3 Å². The van der Waals surface area contributed by atoms with Crippen molar-refractivity contribution < 1.29 is 23.9 Å². The number of hydrogen-bond acceptors (Lipinski definition) is 8. The molecular formula is C26H27N5O5. The van der Waals surface area contributed by atoms with Crippen molar-refractivity contribution in [3.05, 3.63) is 72.6 Å². The summed E-state index contributed by atoms with van der Waals surface area (Å²) in [5, 5.41) is 5.47. The molecule has 0 bridgehead atoms. The van der Waals surface area contributed by atoms with Gasteiger partial charge in [0.25, 0.3) is 11.8 Å². The minimum atomic E-state index is -0.454. The molecule has 0 spiro atoms. The number of hydrogen-bond donors (Lipinski definition) is 2. The highest BCUT2D eigenvalue weighted by molar-refractivity contribution is 6.05. The van der Waals surface area contributed by atoms with Gasteiger partial charge in [0.05, 0.1) is 18.7 Å². The Morgan fingerprint density at radius 2 is 1.64 bits per heavy atom. The quantitative estimate of drug-likeness (QED) is 0.463. The minimum absolute atomic E-state index is 0.265. The summed E-state index contributed by atoms with van der Waals surface area (Å²) in [6.07, 6.45) is 4.59. The number of nitrogens with one attached hydrogen (secondary N) is 2. The minimum Gasteiger partial charge on any atom is -0.495 e. The van der Waals surface area contributed by atoms with Crippen molar-refractivity contribution in [1.82, 2.24) is 9.97 Å². The van der Waals surface area contributed by atoms with E-state index in [0.717, 1.165) is 0 Å². The van der Waals surface area contributed by atoms with Crippen LogP contribution in [-0.4, -0.2) is 54.6 Å². The number of anilines is 3. The Kier molecular flexibility index (Phi) is 8.07. The van der Waals surface area contributed by atoms with Gasteiger partial charge in [-0.05, 0) is 55.3 Å². The Bertz CT molecular complexity index is 1190. The summed E-state index contributed by atoms with van der Waals surface area (Å²) in [6, 6.07) is 15.3. The van der Waals surface area contributed by atoms with Crippen molar-refractivity contribution in [2.75, 3.05) is 42.3 Å². The molecule has 10 nitrogen and oxygen atoms in total. The third-order valence-corrected chi connectivity index (χ3v) is 5.79. The van der Waals surface area contributed by atoms with Crippen LogP contribution in [0.2, 0.25) is 0 Å². The van der Waals surface area contributed by atoms with E-state index in [-0.39, 0.29) is 24.4 Å². The van der Waals surface area contributed by atoms with Crippen LogP contribution in [0.1, 0.15) is 23.2 Å². The van der Waals surface area contributed by atoms with E-state index in [9.17, 15) is 14.4 Å². The first-order valence-corrected chi connectivity index (χ1v) is 11.6. The van der Waals surface area contributed by atoms with E-state index in [1.54, 1.807) is 60.9 Å². The van der Waals surface area contributed by atoms with Crippen molar-refractivity contribution in [2.24, 2.45) is 5.92 Å². The van der Waals surface area contributed by atoms with Gasteiger partial charge in [0.2, 0.25) is 5.95 Å². The van der Waals surface area contributed by atoms with Gasteiger partial charge in [-0.15, -0.1) is 0 Å². The molecule has 4 rings (SSSR count). The van der Waals surface area contributed by atoms with E-state index in [1.807, 2.05) is 11.0 Å². The van der Waals surface area contributed by atoms with E-state index in [2.05, 4.69) is 20.6 Å². The van der Waals surface area contributed by atoms with Gasteiger partial charge in [-0.3, -0.25) is 14.4 Å². The van der Waals surface area contributed by atoms with Crippen LogP contribution in [0.5, 0.6) is 5.75 Å². The van der Waals surface area contributed by atoms with Crippen molar-refractivity contribution >= 4 is 35.1 Å². The summed E-state index contributed by atoms with van der Waals surface area (Å²) in [6.45, 7) is 0.913. The lowest BCUT2D eigenvalue weighted by Crippen LogP contribution is -2.38. The van der Waals surface area contributed by atoms with Crippen molar-refractivity contribution in [3.8, 4) is 5.75 Å². The monoisotopic (exact) mass is 489 g/mol. The molecule has 0 radical (unpaired) electrons. The Balaban J connectivity index is 1.21. The zero-order valence-electron chi connectivity index (χ0n) is 19.8. The fraction of sp³-hybridized carbons (Fsp3) is 0.269. The van der Waals surface area contributed by atoms with Gasteiger partial charge < -0.3 is 25.0 Å². The lowest BCUT2D eigenvalue weighted by molar-refractivity contribution is -0.152. The summed E-state index contributed by atoms with van der Waals surface area (Å²) in [4.78, 5) is 47.7. The molecule has 1 aliphatic heterocycles. The molecule has 3 aromatic rings. The second-order valence-corrected chi connectivity index (χ2v) is 8.20. The van der Waals surface area contributed by atoms with Crippen LogP contribution in [0, 0.1) is 5.92 Å². The number of amides is 2. The Morgan fingerprint density at radius 3 is 2.33 bits per heavy atom. The molecule has 2 aromatic carbocycles. The van der Waals surface area contributed by atoms with Crippen LogP contribution in [0.25, 0.3) is 0 Å². The van der Waals surface area contributed by atoms with Crippen LogP contribution < -0.4 is 20.3 Å². The Hall–Kier alpha value is -4.47. The molecule has 10 heteroatoms. The smallest absolute Gasteiger partial charge is 0.309 e. The van der Waals surface area contributed by atoms with Gasteiger partial charge in [-0.25, -0.2) is 9.97 Å². The molecule has 2 heterocycles. The fourth-order valence-electron chi connectivity index (χ4n) is 3.87. The third-order valence-electron chi connectivity index (χ3n) is 5.79. The maximum Gasteiger partial charge on any atom is 0.309 e. The number of benzene rings is 2. The Labute approximate surface area is 208 Å². The molecule has 1 aliphatic rings. The van der Waals surface area contributed by atoms with Gasteiger partial charge in [-0.1, -0.05) is 12.1 Å². The second-order valence-electron chi connectivity index (χ2n) is 8.20. The first-order valence-electron chi connectivity index (χ1n) is 11.6. The van der Waals surface area contributed by atoms with Gasteiger partial charge in [0.15, 0.2) is 6.61 Å². The molecule has 1 aromatic heterocycles. The molecule has 1 fully saturated rings. The standard InChI is InChI=1S/C26H27N5O5/c1-35-22-6-3-2-5-21(22)30-24(33)18-7-9-20(10-8-18)29-23(32)17-36-25(34)19-11-15-31(16-12-19)26-27-13-4-14-28-26/h2-10,13-14,19H,11-12,15-17H2,1H3,(H,29,32)(H,30,33). The molecule has 0 atom stereocenters. The zero-order chi connectivity index (χ0) is 25.3. The molecule has 1 saturated heterocycles. The topological polar surface area (TPSA) is 123 Å². The lowest BCUT2D eigenvalue weighted by Gasteiger charge is -2.30. The van der Waals surface area contributed by atoms with Crippen molar-refractivity contribution in [2.45, 2.75) is 12.8 Å². The molecule has 0 saturated carbocycles. The highest BCUT2D eigenvalue weighted by Crippen LogP contribution is 2.24. The van der Waals surface area contributed by atoms with Gasteiger partial charge in [0, 0.05) is 36.7 Å². The maximum absolute atomic E-state index is 12.5. The van der Waals surface area contributed by atoms with E-state index in [0.29, 0.717) is 54.6 Å². The normalized spacial score (nSPS) is 13.5. The number of aromatic nitrogens is 2. The summed E-state index contributed by atoms with van der Waals surface area (Å²) in [7, 11) is 1.53. The summed E-state index contributed by atoms with van der Waals surface area (Å²) < 4.78 is 10.5. The molecule has 36 heavy (non-hydrogen) atoms. The van der Waals surface area contributed by atoms with Crippen molar-refractivity contribution in [3.63, 3.8) is 0 Å². The predicted molar refractivity (Wildman–Crippen MR) is 134 cm³/mol. The lowest BCUT2D eigenvalue weighted by atomic mass is 9.97. The third kappa shape index (κ3) is 6.35. The number of esters is 1. The van der Waals surface area contributed by atoms with Gasteiger partial charge in [-0.2, -0.15) is 0 Å². The molecule has 0 aliphatic carbocycles. The number of methoxy groups -OCH3 is 1. The molecular weight excluding hydrogens is 462 g/mol. The number of nitrogens with zero attached hydrogens (tertiary/aromatic N) is 3. The summed E-state index contributed by atoms with van der Waals surface area (Å²) >= 11 is 0. The average molecular weight is 490 g/mol. The molecule has 186 valence electrons. The number of rotatable bonds is 8. The molecule has 2 amide bonds. The summed E-state index contributed by atoms with van der Waals surface area (Å²) in [5.41, 5.74) is 1.46. The molecule has 0 unspecified atom stereocenters. The number of para-hydroxylation sites is 2. The number of piperidine rings is 1. The SMILES string of the molecule is COc1ccccc1NC(=O)c1ccc(NC(=O)COC(=O)C2CCN(c3ncccn3)CC2)cc1. The van der Waals surface area contributed by atoms with Crippen LogP contribution >= 0.6 is 0 Å². The summed E-state index contributed by atoms with van der Waals surface area (Å²) in [5.74, 6) is -0.214. The van der Waals surface area contributed by atoms with Crippen LogP contribution in [0.3, 0.4) is 0 Å². The van der Waals surface area contributed by atoms with E-state index in [4.69, 9.17) is 9.47 Å². The second kappa shape index (κ2) is 11.8. The number of ether oxygens (including phenoxy) is 2. The van der Waals surface area contributed by atoms with E-state index >= 15 is 0 Å². The highest BCUT2D eigenvalue weighted by Gasteiger charge is 2.27. The first-order chi connectivity index (χ1) is 17.5.